The zero-order valence-electron chi connectivity index (χ0n) is 16.7. The maximum atomic E-state index is 15.9. The molecular formula is C25H21ClF2N2O. The molecule has 5 rings (SSSR count). The number of amides is 1. The van der Waals surface area contributed by atoms with Crippen molar-refractivity contribution in [2.75, 3.05) is 5.32 Å². The Morgan fingerprint density at radius 2 is 1.81 bits per heavy atom. The normalized spacial score (nSPS) is 27.3. The molecule has 2 aliphatic carbocycles. The number of fused-ring (bicyclic) bond motifs is 1. The highest BCUT2D eigenvalue weighted by Crippen LogP contribution is 2.58. The summed E-state index contributed by atoms with van der Waals surface area (Å²) in [5, 5.41) is 4.04. The third-order valence-electron chi connectivity index (χ3n) is 6.84. The molecule has 1 heterocycles. The van der Waals surface area contributed by atoms with Crippen LogP contribution in [0.1, 0.15) is 37.2 Å². The highest BCUT2D eigenvalue weighted by Gasteiger charge is 2.60. The first kappa shape index (κ1) is 20.1. The van der Waals surface area contributed by atoms with Crippen LogP contribution < -0.4 is 5.32 Å². The lowest BCUT2D eigenvalue weighted by atomic mass is 9.55. The number of allylic oxidation sites excluding steroid dienone is 1. The maximum Gasteiger partial charge on any atom is 0.267 e. The Morgan fingerprint density at radius 3 is 2.48 bits per heavy atom. The van der Waals surface area contributed by atoms with Gasteiger partial charge in [0.1, 0.15) is 5.82 Å². The minimum Gasteiger partial charge on any atom is -0.323 e. The van der Waals surface area contributed by atoms with E-state index in [1.807, 2.05) is 12.1 Å². The number of benzene rings is 2. The number of alkyl halides is 1. The molecule has 158 valence electrons. The van der Waals surface area contributed by atoms with Gasteiger partial charge in [-0.05, 0) is 91.8 Å². The van der Waals surface area contributed by atoms with Crippen LogP contribution >= 0.6 is 11.6 Å². The zero-order chi connectivity index (χ0) is 21.6. The fraction of sp³-hybridized carbons (Fsp3) is 0.280. The Morgan fingerprint density at radius 1 is 1.06 bits per heavy atom. The number of pyridine rings is 1. The summed E-state index contributed by atoms with van der Waals surface area (Å²) in [7, 11) is 0. The molecule has 1 fully saturated rings. The molecule has 1 spiro atoms. The fourth-order valence-corrected chi connectivity index (χ4v) is 5.12. The molecule has 0 radical (unpaired) electrons. The van der Waals surface area contributed by atoms with Crippen LogP contribution in [0, 0.1) is 11.2 Å². The first-order chi connectivity index (χ1) is 14.9. The number of nitrogens with zero attached hydrogens (tertiary/aromatic N) is 1. The topological polar surface area (TPSA) is 42.0 Å². The fourth-order valence-electron chi connectivity index (χ4n) is 4.99. The van der Waals surface area contributed by atoms with E-state index < -0.39 is 17.0 Å². The summed E-state index contributed by atoms with van der Waals surface area (Å²) < 4.78 is 29.7. The lowest BCUT2D eigenvalue weighted by molar-refractivity contribution is -0.134. The number of carbonyl (C=O) groups is 1. The van der Waals surface area contributed by atoms with Gasteiger partial charge in [0.05, 0.1) is 5.52 Å². The standard InChI is InChI=1S/C25H21ClF2N2O/c26-17-1-4-19(5-2-17)30-23(31)25(28)13-12-24(25)10-7-16(8-11-24)20-9-14-29-22-6-3-18(27)15-21(20)22/h1-6,9,12-16H,7-8,10-11H2,(H,30,31)/t16?,24?,25-/m0/s1. The van der Waals surface area contributed by atoms with Crippen molar-refractivity contribution in [1.82, 2.24) is 4.98 Å². The highest BCUT2D eigenvalue weighted by molar-refractivity contribution is 6.30. The average molecular weight is 439 g/mol. The van der Waals surface area contributed by atoms with E-state index in [2.05, 4.69) is 10.3 Å². The van der Waals surface area contributed by atoms with Gasteiger partial charge >= 0.3 is 0 Å². The molecule has 1 aromatic heterocycles. The quantitative estimate of drug-likeness (QED) is 0.469. The number of rotatable bonds is 3. The second kappa shape index (κ2) is 7.41. The predicted molar refractivity (Wildman–Crippen MR) is 118 cm³/mol. The number of hydrogen-bond donors (Lipinski definition) is 1. The van der Waals surface area contributed by atoms with Crippen molar-refractivity contribution in [1.29, 1.82) is 0 Å². The van der Waals surface area contributed by atoms with E-state index in [1.165, 1.54) is 18.2 Å². The Balaban J connectivity index is 1.34. The Labute approximate surface area is 184 Å². The third kappa shape index (κ3) is 3.32. The molecule has 0 bridgehead atoms. The van der Waals surface area contributed by atoms with Gasteiger partial charge in [0.2, 0.25) is 5.67 Å². The SMILES string of the molecule is O=C(Nc1ccc(Cl)cc1)[C@@]1(F)C=CC12CCC(c1ccnc3ccc(F)cc13)CC2. The van der Waals surface area contributed by atoms with Crippen molar-refractivity contribution in [3.8, 4) is 0 Å². The van der Waals surface area contributed by atoms with E-state index in [4.69, 9.17) is 11.6 Å². The second-order valence-corrected chi connectivity index (χ2v) is 8.93. The minimum atomic E-state index is -2.04. The third-order valence-corrected chi connectivity index (χ3v) is 7.10. The van der Waals surface area contributed by atoms with Crippen LogP contribution in [0.15, 0.2) is 66.9 Å². The van der Waals surface area contributed by atoms with Crippen molar-refractivity contribution in [3.63, 3.8) is 0 Å². The lowest BCUT2D eigenvalue weighted by Gasteiger charge is -2.50. The van der Waals surface area contributed by atoms with Crippen molar-refractivity contribution in [3.05, 3.63) is 83.3 Å². The molecule has 0 aliphatic heterocycles. The molecule has 31 heavy (non-hydrogen) atoms. The minimum absolute atomic E-state index is 0.176. The molecule has 3 nitrogen and oxygen atoms in total. The Hall–Kier alpha value is -2.79. The average Bonchev–Trinajstić information content (AvgIpc) is 2.79. The Kier molecular flexibility index (Phi) is 4.82. The molecule has 0 saturated heterocycles. The van der Waals surface area contributed by atoms with E-state index >= 15 is 4.39 Å². The van der Waals surface area contributed by atoms with Gasteiger partial charge in [-0.15, -0.1) is 0 Å². The summed E-state index contributed by atoms with van der Waals surface area (Å²) in [6.45, 7) is 0. The van der Waals surface area contributed by atoms with Gasteiger partial charge in [-0.3, -0.25) is 9.78 Å². The van der Waals surface area contributed by atoms with E-state index in [1.54, 1.807) is 36.5 Å². The summed E-state index contributed by atoms with van der Waals surface area (Å²) in [5.74, 6) is -0.764. The molecule has 1 amide bonds. The van der Waals surface area contributed by atoms with E-state index in [0.717, 1.165) is 29.3 Å². The summed E-state index contributed by atoms with van der Waals surface area (Å²) in [5.41, 5.74) is -0.526. The van der Waals surface area contributed by atoms with Crippen LogP contribution in [-0.2, 0) is 4.79 Å². The van der Waals surface area contributed by atoms with Crippen LogP contribution in [-0.4, -0.2) is 16.6 Å². The van der Waals surface area contributed by atoms with Crippen molar-refractivity contribution < 1.29 is 13.6 Å². The molecule has 1 saturated carbocycles. The number of hydrogen-bond acceptors (Lipinski definition) is 2. The van der Waals surface area contributed by atoms with Gasteiger partial charge in [0.15, 0.2) is 0 Å². The molecule has 1 atom stereocenters. The van der Waals surface area contributed by atoms with Crippen LogP contribution in [0.2, 0.25) is 5.02 Å². The highest BCUT2D eigenvalue weighted by atomic mass is 35.5. The van der Waals surface area contributed by atoms with Gasteiger partial charge in [0, 0.05) is 27.7 Å². The number of halogens is 3. The van der Waals surface area contributed by atoms with Crippen molar-refractivity contribution in [2.24, 2.45) is 5.41 Å². The van der Waals surface area contributed by atoms with E-state index in [0.29, 0.717) is 23.6 Å². The number of carbonyl (C=O) groups excluding carboxylic acids is 1. The first-order valence-electron chi connectivity index (χ1n) is 10.4. The maximum absolute atomic E-state index is 15.9. The molecular weight excluding hydrogens is 418 g/mol. The summed E-state index contributed by atoms with van der Waals surface area (Å²) >= 11 is 5.88. The lowest BCUT2D eigenvalue weighted by Crippen LogP contribution is -2.57. The van der Waals surface area contributed by atoms with Crippen molar-refractivity contribution in [2.45, 2.75) is 37.3 Å². The molecule has 2 aromatic carbocycles. The molecule has 1 N–H and O–H groups in total. The van der Waals surface area contributed by atoms with E-state index in [9.17, 15) is 9.18 Å². The van der Waals surface area contributed by atoms with Crippen molar-refractivity contribution >= 4 is 34.1 Å². The van der Waals surface area contributed by atoms with Crippen LogP contribution in [0.5, 0.6) is 0 Å². The molecule has 3 aromatic rings. The van der Waals surface area contributed by atoms with Gasteiger partial charge < -0.3 is 5.32 Å². The smallest absolute Gasteiger partial charge is 0.267 e. The Bertz CT molecular complexity index is 1190. The van der Waals surface area contributed by atoms with Crippen LogP contribution in [0.4, 0.5) is 14.5 Å². The summed E-state index contributed by atoms with van der Waals surface area (Å²) in [4.78, 5) is 17.1. The molecule has 2 aliphatic rings. The molecule has 0 unspecified atom stereocenters. The van der Waals surface area contributed by atoms with Gasteiger partial charge in [-0.2, -0.15) is 0 Å². The first-order valence-corrected chi connectivity index (χ1v) is 10.8. The number of aromatic nitrogens is 1. The van der Waals surface area contributed by atoms with Gasteiger partial charge in [-0.1, -0.05) is 17.7 Å². The molecule has 6 heteroatoms. The summed E-state index contributed by atoms with van der Waals surface area (Å²) in [6, 6.07) is 13.2. The van der Waals surface area contributed by atoms with Gasteiger partial charge in [0.25, 0.3) is 5.91 Å². The zero-order valence-corrected chi connectivity index (χ0v) is 17.5. The van der Waals surface area contributed by atoms with Gasteiger partial charge in [-0.25, -0.2) is 8.78 Å². The largest absolute Gasteiger partial charge is 0.323 e. The second-order valence-electron chi connectivity index (χ2n) is 8.50. The number of anilines is 1. The predicted octanol–water partition coefficient (Wildman–Crippen LogP) is 6.59. The summed E-state index contributed by atoms with van der Waals surface area (Å²) in [6.07, 6.45) is 7.50. The monoisotopic (exact) mass is 438 g/mol. The van der Waals surface area contributed by atoms with Crippen LogP contribution in [0.25, 0.3) is 10.9 Å². The number of nitrogens with one attached hydrogen (secondary N) is 1. The van der Waals surface area contributed by atoms with Crippen LogP contribution in [0.3, 0.4) is 0 Å². The van der Waals surface area contributed by atoms with E-state index in [-0.39, 0.29) is 11.7 Å².